The molecule has 70 valence electrons. The van der Waals surface area contributed by atoms with Gasteiger partial charge in [0, 0.05) is 16.4 Å². The van der Waals surface area contributed by atoms with Crippen molar-refractivity contribution in [1.29, 1.82) is 0 Å². The van der Waals surface area contributed by atoms with E-state index in [-0.39, 0.29) is 5.91 Å². The third kappa shape index (κ3) is 2.50. The molecule has 1 N–H and O–H groups in total. The Morgan fingerprint density at radius 1 is 1.69 bits per heavy atom. The molecule has 0 bridgehead atoms. The van der Waals surface area contributed by atoms with Crippen molar-refractivity contribution in [1.82, 2.24) is 10.5 Å². The minimum Gasteiger partial charge on any atom is -0.277 e. The zero-order valence-electron chi connectivity index (χ0n) is 7.30. The van der Waals surface area contributed by atoms with Gasteiger partial charge in [0.05, 0.1) is 12.7 Å². The zero-order valence-corrected chi connectivity index (χ0v) is 8.88. The Kier molecular flexibility index (Phi) is 3.39. The second-order valence-corrected chi connectivity index (χ2v) is 3.30. The second-order valence-electron chi connectivity index (χ2n) is 2.44. The number of nitrogens with one attached hydrogen (secondary N) is 1. The van der Waals surface area contributed by atoms with Crippen molar-refractivity contribution in [3.63, 3.8) is 0 Å². The van der Waals surface area contributed by atoms with Gasteiger partial charge in [-0.05, 0) is 28.9 Å². The van der Waals surface area contributed by atoms with Crippen molar-refractivity contribution in [3.05, 3.63) is 28.0 Å². The Balaban J connectivity index is 2.95. The maximum absolute atomic E-state index is 11.3. The van der Waals surface area contributed by atoms with Crippen LogP contribution in [0.4, 0.5) is 0 Å². The molecule has 0 aromatic carbocycles. The Labute approximate surface area is 84.4 Å². The summed E-state index contributed by atoms with van der Waals surface area (Å²) in [6, 6.07) is 1.77. The molecule has 0 unspecified atom stereocenters. The smallest absolute Gasteiger partial charge is 0.277 e. The van der Waals surface area contributed by atoms with Crippen LogP contribution >= 0.6 is 15.9 Å². The highest BCUT2D eigenvalue weighted by atomic mass is 79.9. The molecule has 0 saturated heterocycles. The van der Waals surface area contributed by atoms with Gasteiger partial charge in [-0.3, -0.25) is 14.6 Å². The van der Waals surface area contributed by atoms with Crippen LogP contribution in [0.5, 0.6) is 0 Å². The summed E-state index contributed by atoms with van der Waals surface area (Å²) in [5, 5.41) is 0. The molecule has 0 atom stereocenters. The summed E-state index contributed by atoms with van der Waals surface area (Å²) in [4.78, 5) is 19.8. The summed E-state index contributed by atoms with van der Waals surface area (Å²) in [7, 11) is 1.38. The molecular weight excluding hydrogens is 236 g/mol. The largest absolute Gasteiger partial charge is 0.277 e. The van der Waals surface area contributed by atoms with E-state index in [0.29, 0.717) is 10.0 Å². The van der Waals surface area contributed by atoms with Gasteiger partial charge < -0.3 is 0 Å². The topological polar surface area (TPSA) is 51.2 Å². The van der Waals surface area contributed by atoms with Gasteiger partial charge in [0.15, 0.2) is 0 Å². The number of hydrogen-bond donors (Lipinski definition) is 1. The Morgan fingerprint density at radius 2 is 2.38 bits per heavy atom. The zero-order chi connectivity index (χ0) is 9.84. The SMILES string of the molecule is CONC(=O)c1cnc(C)cc1Br. The molecule has 0 aliphatic heterocycles. The fraction of sp³-hybridized carbons (Fsp3) is 0.250. The van der Waals surface area contributed by atoms with Gasteiger partial charge in [0.2, 0.25) is 0 Å². The van der Waals surface area contributed by atoms with Crippen LogP contribution in [0, 0.1) is 6.92 Å². The van der Waals surface area contributed by atoms with Crippen LogP contribution in [-0.4, -0.2) is 18.0 Å². The van der Waals surface area contributed by atoms with E-state index in [9.17, 15) is 4.79 Å². The number of halogens is 1. The first kappa shape index (κ1) is 10.1. The summed E-state index contributed by atoms with van der Waals surface area (Å²) in [6.07, 6.45) is 1.49. The third-order valence-electron chi connectivity index (χ3n) is 1.43. The number of aryl methyl sites for hydroxylation is 1. The predicted octanol–water partition coefficient (Wildman–Crippen LogP) is 1.44. The molecule has 13 heavy (non-hydrogen) atoms. The van der Waals surface area contributed by atoms with Crippen LogP contribution in [0.15, 0.2) is 16.7 Å². The van der Waals surface area contributed by atoms with Crippen molar-refractivity contribution in [2.45, 2.75) is 6.92 Å². The average molecular weight is 245 g/mol. The molecule has 0 spiro atoms. The number of nitrogens with zero attached hydrogens (tertiary/aromatic N) is 1. The summed E-state index contributed by atoms with van der Waals surface area (Å²) < 4.78 is 0.703. The van der Waals surface area contributed by atoms with E-state index in [0.717, 1.165) is 5.69 Å². The molecule has 0 saturated carbocycles. The number of carbonyl (C=O) groups excluding carboxylic acids is 1. The Bertz CT molecular complexity index is 328. The Morgan fingerprint density at radius 3 is 2.92 bits per heavy atom. The first-order valence-corrected chi connectivity index (χ1v) is 4.40. The lowest BCUT2D eigenvalue weighted by Gasteiger charge is -2.03. The third-order valence-corrected chi connectivity index (χ3v) is 2.09. The van der Waals surface area contributed by atoms with E-state index in [1.165, 1.54) is 13.3 Å². The number of rotatable bonds is 2. The van der Waals surface area contributed by atoms with E-state index in [1.54, 1.807) is 6.07 Å². The predicted molar refractivity (Wildman–Crippen MR) is 51.1 cm³/mol. The molecule has 5 heteroatoms. The first-order valence-electron chi connectivity index (χ1n) is 3.60. The lowest BCUT2D eigenvalue weighted by atomic mass is 10.2. The monoisotopic (exact) mass is 244 g/mol. The molecule has 0 fully saturated rings. The van der Waals surface area contributed by atoms with E-state index in [2.05, 4.69) is 31.2 Å². The minimum absolute atomic E-state index is 0.318. The molecule has 1 aromatic heterocycles. The van der Waals surface area contributed by atoms with Crippen LogP contribution in [0.25, 0.3) is 0 Å². The quantitative estimate of drug-likeness (QED) is 0.802. The molecule has 4 nitrogen and oxygen atoms in total. The van der Waals surface area contributed by atoms with Crippen LogP contribution in [0.2, 0.25) is 0 Å². The number of aromatic nitrogens is 1. The highest BCUT2D eigenvalue weighted by Crippen LogP contribution is 2.16. The second kappa shape index (κ2) is 4.34. The van der Waals surface area contributed by atoms with Crippen LogP contribution in [-0.2, 0) is 4.84 Å². The van der Waals surface area contributed by atoms with Crippen molar-refractivity contribution >= 4 is 21.8 Å². The molecule has 1 amide bonds. The first-order chi connectivity index (χ1) is 6.15. The maximum atomic E-state index is 11.3. The van der Waals surface area contributed by atoms with Gasteiger partial charge in [-0.2, -0.15) is 0 Å². The van der Waals surface area contributed by atoms with E-state index in [1.807, 2.05) is 6.92 Å². The molecule has 0 aliphatic carbocycles. The van der Waals surface area contributed by atoms with Gasteiger partial charge in [-0.1, -0.05) is 0 Å². The van der Waals surface area contributed by atoms with E-state index >= 15 is 0 Å². The average Bonchev–Trinajstić information content (AvgIpc) is 2.04. The number of pyridine rings is 1. The van der Waals surface area contributed by atoms with E-state index in [4.69, 9.17) is 0 Å². The van der Waals surface area contributed by atoms with Crippen LogP contribution in [0.3, 0.4) is 0 Å². The normalized spacial score (nSPS) is 9.77. The maximum Gasteiger partial charge on any atom is 0.277 e. The van der Waals surface area contributed by atoms with Crippen LogP contribution in [0.1, 0.15) is 16.1 Å². The van der Waals surface area contributed by atoms with Crippen molar-refractivity contribution in [2.24, 2.45) is 0 Å². The summed E-state index contributed by atoms with van der Waals surface area (Å²) in [6.45, 7) is 1.85. The lowest BCUT2D eigenvalue weighted by Crippen LogP contribution is -2.22. The number of hydrogen-bond acceptors (Lipinski definition) is 3. The molecule has 1 heterocycles. The molecular formula is C8H9BrN2O2. The highest BCUT2D eigenvalue weighted by Gasteiger charge is 2.09. The fourth-order valence-corrected chi connectivity index (χ4v) is 1.45. The molecule has 0 aliphatic rings. The number of carbonyl (C=O) groups is 1. The molecule has 1 aromatic rings. The van der Waals surface area contributed by atoms with E-state index < -0.39 is 0 Å². The van der Waals surface area contributed by atoms with Crippen LogP contribution < -0.4 is 5.48 Å². The minimum atomic E-state index is -0.318. The van der Waals surface area contributed by atoms with Crippen molar-refractivity contribution < 1.29 is 9.63 Å². The number of amides is 1. The van der Waals surface area contributed by atoms with Gasteiger partial charge in [-0.15, -0.1) is 0 Å². The summed E-state index contributed by atoms with van der Waals surface area (Å²) >= 11 is 3.26. The molecule has 1 rings (SSSR count). The standard InChI is InChI=1S/C8H9BrN2O2/c1-5-3-7(9)6(4-10-5)8(12)11-13-2/h3-4H,1-2H3,(H,11,12). The van der Waals surface area contributed by atoms with Gasteiger partial charge in [0.1, 0.15) is 0 Å². The lowest BCUT2D eigenvalue weighted by molar-refractivity contribution is 0.0536. The number of hydroxylamine groups is 1. The van der Waals surface area contributed by atoms with Gasteiger partial charge in [-0.25, -0.2) is 5.48 Å². The summed E-state index contributed by atoms with van der Waals surface area (Å²) in [5.74, 6) is -0.318. The van der Waals surface area contributed by atoms with Gasteiger partial charge in [0.25, 0.3) is 5.91 Å². The fourth-order valence-electron chi connectivity index (χ4n) is 0.841. The van der Waals surface area contributed by atoms with Crippen molar-refractivity contribution in [3.8, 4) is 0 Å². The van der Waals surface area contributed by atoms with Crippen molar-refractivity contribution in [2.75, 3.05) is 7.11 Å². The highest BCUT2D eigenvalue weighted by molar-refractivity contribution is 9.10. The summed E-state index contributed by atoms with van der Waals surface area (Å²) in [5.41, 5.74) is 3.51. The Hall–Kier alpha value is -0.940. The molecule has 0 radical (unpaired) electrons. The van der Waals surface area contributed by atoms with Gasteiger partial charge >= 0.3 is 0 Å².